The number of fused-ring (bicyclic) bond motifs is 1. The largest absolute Gasteiger partial charge is 0.487 e. The molecule has 0 radical (unpaired) electrons. The van der Waals surface area contributed by atoms with E-state index in [0.29, 0.717) is 29.7 Å². The number of nitrogens with one attached hydrogen (secondary N) is 4. The third kappa shape index (κ3) is 10.5. The average Bonchev–Trinajstić information content (AvgIpc) is 3.82. The molecule has 15 nitrogen and oxygen atoms in total. The molecule has 4 rings (SSSR count). The average molecular weight is 797 g/mol. The van der Waals surface area contributed by atoms with Crippen molar-refractivity contribution in [3.63, 3.8) is 0 Å². The number of ether oxygens (including phenoxy) is 3. The Morgan fingerprint density at radius 2 is 1.73 bits per heavy atom. The summed E-state index contributed by atoms with van der Waals surface area (Å²) in [5, 5.41) is 7.99. The van der Waals surface area contributed by atoms with E-state index in [1.165, 1.54) is 20.1 Å². The molecule has 1 unspecified atom stereocenters. The van der Waals surface area contributed by atoms with Gasteiger partial charge in [0, 0.05) is 26.3 Å². The molecule has 1 aliphatic carbocycles. The Balaban J connectivity index is 1.48. The Labute approximate surface area is 329 Å². The van der Waals surface area contributed by atoms with Gasteiger partial charge in [-0.25, -0.2) is 17.9 Å². The number of allylic oxidation sites excluding steroid dienone is 1. The molecule has 1 aromatic rings. The standard InChI is InChI=1S/C40H56N6O9S/c1-10-13-30(37(50)53-9)45-35(48)29(44-36(49)31(43-26(6)47)22-27-15-19-40(20-16-27)32(11-2)54-40)14-12-21-42-38(41)46-56(51,52)34-24(4)23(3)33-28(25(34)5)17-18-39(7,8)55-33/h10-11,15-16,19,29-32H,1-2,12-14,17-18,20-22H2,3-9H3,(H,43,47)(H,44,49)(H,45,48)(H3,41,42,46)/t29-,30+,31+,32+,40?/m1/s1. The lowest BCUT2D eigenvalue weighted by molar-refractivity contribution is -0.145. The van der Waals surface area contributed by atoms with Crippen LogP contribution in [-0.2, 0) is 45.1 Å². The highest BCUT2D eigenvalue weighted by molar-refractivity contribution is 7.90. The van der Waals surface area contributed by atoms with E-state index in [1.54, 1.807) is 19.9 Å². The van der Waals surface area contributed by atoms with Crippen molar-refractivity contribution in [3.05, 3.63) is 71.4 Å². The zero-order chi connectivity index (χ0) is 41.6. The number of sulfonamides is 1. The zero-order valence-corrected chi connectivity index (χ0v) is 34.2. The number of amides is 3. The molecule has 16 heteroatoms. The van der Waals surface area contributed by atoms with E-state index in [9.17, 15) is 27.6 Å². The molecule has 306 valence electrons. The summed E-state index contributed by atoms with van der Waals surface area (Å²) in [6, 6.07) is -3.29. The Morgan fingerprint density at radius 1 is 1.05 bits per heavy atom. The molecule has 0 bridgehead atoms. The number of esters is 1. The van der Waals surface area contributed by atoms with Crippen molar-refractivity contribution in [2.75, 3.05) is 13.7 Å². The van der Waals surface area contributed by atoms with Crippen molar-refractivity contribution in [2.45, 2.75) is 127 Å². The van der Waals surface area contributed by atoms with Gasteiger partial charge in [0.1, 0.15) is 41.2 Å². The van der Waals surface area contributed by atoms with Crippen LogP contribution in [0.15, 0.2) is 59.0 Å². The Kier molecular flexibility index (Phi) is 14.0. The van der Waals surface area contributed by atoms with Gasteiger partial charge in [-0.15, -0.1) is 13.2 Å². The number of hydrogen-bond acceptors (Lipinski definition) is 10. The summed E-state index contributed by atoms with van der Waals surface area (Å²) in [7, 11) is -2.96. The molecule has 6 N–H and O–H groups in total. The van der Waals surface area contributed by atoms with Crippen LogP contribution in [0.2, 0.25) is 0 Å². The third-order valence-electron chi connectivity index (χ3n) is 10.3. The second kappa shape index (κ2) is 17.9. The van der Waals surface area contributed by atoms with Crippen LogP contribution in [-0.4, -0.2) is 87.2 Å². The van der Waals surface area contributed by atoms with Crippen LogP contribution in [0.4, 0.5) is 0 Å². The summed E-state index contributed by atoms with van der Waals surface area (Å²) < 4.78 is 46.5. The summed E-state index contributed by atoms with van der Waals surface area (Å²) in [5.74, 6) is -2.10. The highest BCUT2D eigenvalue weighted by Gasteiger charge is 2.52. The van der Waals surface area contributed by atoms with Gasteiger partial charge < -0.3 is 35.9 Å². The van der Waals surface area contributed by atoms with Crippen LogP contribution in [0.25, 0.3) is 0 Å². The maximum absolute atomic E-state index is 13.7. The van der Waals surface area contributed by atoms with Crippen molar-refractivity contribution >= 4 is 39.7 Å². The lowest BCUT2D eigenvalue weighted by Crippen LogP contribution is -2.55. The van der Waals surface area contributed by atoms with E-state index in [1.807, 2.05) is 39.0 Å². The predicted octanol–water partition coefficient (Wildman–Crippen LogP) is 2.91. The number of carbonyl (C=O) groups is 4. The van der Waals surface area contributed by atoms with Crippen LogP contribution in [0.1, 0.15) is 81.5 Å². The molecule has 56 heavy (non-hydrogen) atoms. The fourth-order valence-corrected chi connectivity index (χ4v) is 8.59. The van der Waals surface area contributed by atoms with Crippen LogP contribution in [0, 0.1) is 20.8 Å². The fourth-order valence-electron chi connectivity index (χ4n) is 7.07. The number of hydrogen-bond donors (Lipinski definition) is 5. The molecule has 5 atom stereocenters. The molecule has 0 aromatic heterocycles. The molecule has 1 spiro atoms. The predicted molar refractivity (Wildman–Crippen MR) is 212 cm³/mol. The van der Waals surface area contributed by atoms with Crippen molar-refractivity contribution in [1.82, 2.24) is 20.7 Å². The fraction of sp³-hybridized carbons (Fsp3) is 0.525. The first-order chi connectivity index (χ1) is 26.3. The normalized spacial score (nSPS) is 21.2. The van der Waals surface area contributed by atoms with Crippen LogP contribution >= 0.6 is 0 Å². The highest BCUT2D eigenvalue weighted by atomic mass is 32.2. The summed E-state index contributed by atoms with van der Waals surface area (Å²) in [4.78, 5) is 56.2. The first kappa shape index (κ1) is 43.8. The van der Waals surface area contributed by atoms with Crippen LogP contribution < -0.4 is 31.1 Å². The first-order valence-corrected chi connectivity index (χ1v) is 20.2. The van der Waals surface area contributed by atoms with Gasteiger partial charge in [0.25, 0.3) is 10.0 Å². The number of nitrogens with zero attached hydrogens (tertiary/aromatic N) is 1. The monoisotopic (exact) mass is 796 g/mol. The molecule has 3 amide bonds. The molecule has 1 fully saturated rings. The number of rotatable bonds is 17. The van der Waals surface area contributed by atoms with E-state index in [4.69, 9.17) is 19.9 Å². The minimum absolute atomic E-state index is 0.0137. The number of methoxy groups -OCH3 is 1. The van der Waals surface area contributed by atoms with Crippen LogP contribution in [0.3, 0.4) is 0 Å². The highest BCUT2D eigenvalue weighted by Crippen LogP contribution is 2.45. The topological polar surface area (TPSA) is 220 Å². The van der Waals surface area contributed by atoms with Gasteiger partial charge in [0.2, 0.25) is 23.7 Å². The quantitative estimate of drug-likeness (QED) is 0.0388. The number of epoxide rings is 1. The number of guanidine groups is 1. The lowest BCUT2D eigenvalue weighted by atomic mass is 9.88. The number of benzene rings is 1. The molecule has 1 aromatic carbocycles. The molecular formula is C40H56N6O9S. The van der Waals surface area contributed by atoms with Gasteiger partial charge in [-0.2, -0.15) is 0 Å². The molecule has 2 heterocycles. The van der Waals surface area contributed by atoms with E-state index in [-0.39, 0.29) is 54.8 Å². The van der Waals surface area contributed by atoms with Gasteiger partial charge in [-0.3, -0.25) is 19.4 Å². The molecule has 2 aliphatic heterocycles. The lowest BCUT2D eigenvalue weighted by Gasteiger charge is -2.35. The van der Waals surface area contributed by atoms with Gasteiger partial charge in [-0.1, -0.05) is 24.3 Å². The molecular weight excluding hydrogens is 741 g/mol. The number of carbonyl (C=O) groups excluding carboxylic acids is 4. The van der Waals surface area contributed by atoms with Gasteiger partial charge in [-0.05, 0) is 101 Å². The van der Waals surface area contributed by atoms with Crippen molar-refractivity contribution in [3.8, 4) is 5.75 Å². The maximum atomic E-state index is 13.7. The maximum Gasteiger partial charge on any atom is 0.328 e. The van der Waals surface area contributed by atoms with Crippen molar-refractivity contribution in [2.24, 2.45) is 10.7 Å². The second-order valence-corrected chi connectivity index (χ2v) is 16.7. The minimum Gasteiger partial charge on any atom is -0.487 e. The minimum atomic E-state index is -4.15. The smallest absolute Gasteiger partial charge is 0.328 e. The third-order valence-corrected chi connectivity index (χ3v) is 12.0. The van der Waals surface area contributed by atoms with Gasteiger partial charge in [0.15, 0.2) is 0 Å². The molecule has 0 saturated carbocycles. The van der Waals surface area contributed by atoms with Gasteiger partial charge >= 0.3 is 5.97 Å². The van der Waals surface area contributed by atoms with E-state index >= 15 is 0 Å². The van der Waals surface area contributed by atoms with E-state index in [0.717, 1.165) is 23.1 Å². The molecule has 3 aliphatic rings. The SMILES string of the molecule is C=CC[C@H](NC(=O)[C@@H](CCCN=C(N)NS(=O)(=O)c1c(C)c(C)c2c(c1C)CCC(C)(C)O2)NC(=O)[C@H](CC1=CCC2(C=C1)O[C@H]2C=C)NC(C)=O)C(=O)OC. The first-order valence-electron chi connectivity index (χ1n) is 18.7. The van der Waals surface area contributed by atoms with E-state index < -0.39 is 57.4 Å². The zero-order valence-electron chi connectivity index (χ0n) is 33.4. The van der Waals surface area contributed by atoms with Crippen molar-refractivity contribution < 1.29 is 41.8 Å². The Hall–Kier alpha value is -4.96. The summed E-state index contributed by atoms with van der Waals surface area (Å²) in [6.07, 6.45) is 11.1. The van der Waals surface area contributed by atoms with E-state index in [2.05, 4.69) is 38.8 Å². The second-order valence-electron chi connectivity index (χ2n) is 15.1. The van der Waals surface area contributed by atoms with Crippen LogP contribution in [0.5, 0.6) is 5.75 Å². The summed E-state index contributed by atoms with van der Waals surface area (Å²) in [6.45, 7) is 18.0. The summed E-state index contributed by atoms with van der Waals surface area (Å²) in [5.41, 5.74) is 8.78. The van der Waals surface area contributed by atoms with Gasteiger partial charge in [0.05, 0.1) is 12.0 Å². The number of aliphatic imine (C=N–C) groups is 1. The molecule has 1 saturated heterocycles. The Bertz CT molecular complexity index is 1950. The number of nitrogens with two attached hydrogens (primary N) is 1. The Morgan fingerprint density at radius 3 is 2.32 bits per heavy atom. The summed E-state index contributed by atoms with van der Waals surface area (Å²) >= 11 is 0. The van der Waals surface area contributed by atoms with Crippen molar-refractivity contribution in [1.29, 1.82) is 0 Å².